The quantitative estimate of drug-likeness (QED) is 0.543. The van der Waals surface area contributed by atoms with Gasteiger partial charge >= 0.3 is 6.09 Å². The molecule has 2 rings (SSSR count). The number of hydrazine groups is 1. The van der Waals surface area contributed by atoms with Crippen molar-refractivity contribution in [2.24, 2.45) is 5.84 Å². The average Bonchev–Trinajstić information content (AvgIpc) is 2.62. The molecule has 0 saturated carbocycles. The minimum Gasteiger partial charge on any atom is -0.444 e. The summed E-state index contributed by atoms with van der Waals surface area (Å²) in [6, 6.07) is 0.864. The highest BCUT2D eigenvalue weighted by Gasteiger charge is 2.37. The first-order valence-electron chi connectivity index (χ1n) is 6.57. The van der Waals surface area contributed by atoms with Crippen LogP contribution in [0, 0.1) is 0 Å². The lowest BCUT2D eigenvalue weighted by atomic mass is 10.1. The second kappa shape index (κ2) is 5.03. The van der Waals surface area contributed by atoms with E-state index in [0.29, 0.717) is 12.1 Å². The van der Waals surface area contributed by atoms with Crippen LogP contribution in [0.4, 0.5) is 4.79 Å². The van der Waals surface area contributed by atoms with Gasteiger partial charge in [0.25, 0.3) is 0 Å². The zero-order chi connectivity index (χ0) is 13.3. The zero-order valence-corrected chi connectivity index (χ0v) is 11.5. The third kappa shape index (κ3) is 3.13. The minimum atomic E-state index is -0.416. The molecule has 2 saturated heterocycles. The number of likely N-dealkylation sites (tertiary alicyclic amines) is 2. The lowest BCUT2D eigenvalue weighted by molar-refractivity contribution is 0.0254. The summed E-state index contributed by atoms with van der Waals surface area (Å²) >= 11 is 0. The van der Waals surface area contributed by atoms with Gasteiger partial charge < -0.3 is 9.64 Å². The maximum atomic E-state index is 11.9. The summed E-state index contributed by atoms with van der Waals surface area (Å²) in [6.07, 6.45) is 0.829. The van der Waals surface area contributed by atoms with E-state index in [1.807, 2.05) is 20.8 Å². The molecule has 1 amide bonds. The Labute approximate surface area is 108 Å². The van der Waals surface area contributed by atoms with Gasteiger partial charge in [-0.05, 0) is 27.2 Å². The standard InChI is InChI=1S/C12H24N4O2/c1-12(2,3)18-11(17)15-5-4-10(8-15)16-6-9(7-16)14-13/h9-10,14H,4-8,13H2,1-3H3/t10-/m0/s1. The van der Waals surface area contributed by atoms with Gasteiger partial charge in [-0.2, -0.15) is 0 Å². The van der Waals surface area contributed by atoms with Crippen LogP contribution in [0.3, 0.4) is 0 Å². The lowest BCUT2D eigenvalue weighted by Gasteiger charge is -2.42. The predicted molar refractivity (Wildman–Crippen MR) is 68.9 cm³/mol. The molecule has 0 radical (unpaired) electrons. The number of amides is 1. The lowest BCUT2D eigenvalue weighted by Crippen LogP contribution is -2.63. The van der Waals surface area contributed by atoms with E-state index in [0.717, 1.165) is 32.6 Å². The Morgan fingerprint density at radius 1 is 1.33 bits per heavy atom. The molecular weight excluding hydrogens is 232 g/mol. The fraction of sp³-hybridized carbons (Fsp3) is 0.917. The van der Waals surface area contributed by atoms with Crippen LogP contribution in [0.15, 0.2) is 0 Å². The van der Waals surface area contributed by atoms with E-state index in [2.05, 4.69) is 10.3 Å². The van der Waals surface area contributed by atoms with Crippen molar-refractivity contribution < 1.29 is 9.53 Å². The maximum Gasteiger partial charge on any atom is 0.410 e. The number of nitrogens with zero attached hydrogens (tertiary/aromatic N) is 2. The second-order valence-corrected chi connectivity index (χ2v) is 6.19. The number of ether oxygens (including phenoxy) is 1. The fourth-order valence-corrected chi connectivity index (χ4v) is 2.45. The van der Waals surface area contributed by atoms with Gasteiger partial charge in [-0.25, -0.2) is 4.79 Å². The molecule has 6 nitrogen and oxygen atoms in total. The predicted octanol–water partition coefficient (Wildman–Crippen LogP) is 0.143. The number of carbonyl (C=O) groups is 1. The van der Waals surface area contributed by atoms with Gasteiger partial charge in [0, 0.05) is 38.3 Å². The molecule has 3 N–H and O–H groups in total. The normalized spacial score (nSPS) is 26.2. The first-order chi connectivity index (χ1) is 8.39. The van der Waals surface area contributed by atoms with Crippen molar-refractivity contribution in [3.8, 4) is 0 Å². The molecule has 0 aromatic carbocycles. The van der Waals surface area contributed by atoms with Crippen LogP contribution in [-0.4, -0.2) is 59.8 Å². The van der Waals surface area contributed by atoms with Crippen molar-refractivity contribution in [3.05, 3.63) is 0 Å². The first kappa shape index (κ1) is 13.6. The van der Waals surface area contributed by atoms with Gasteiger partial charge in [0.05, 0.1) is 0 Å². The van der Waals surface area contributed by atoms with Gasteiger partial charge in [-0.3, -0.25) is 16.2 Å². The Morgan fingerprint density at radius 2 is 2.00 bits per heavy atom. The minimum absolute atomic E-state index is 0.195. The summed E-state index contributed by atoms with van der Waals surface area (Å²) < 4.78 is 5.38. The molecular formula is C12H24N4O2. The smallest absolute Gasteiger partial charge is 0.410 e. The van der Waals surface area contributed by atoms with Gasteiger partial charge in [0.2, 0.25) is 0 Å². The summed E-state index contributed by atoms with van der Waals surface area (Å²) in [7, 11) is 0. The van der Waals surface area contributed by atoms with Crippen molar-refractivity contribution in [3.63, 3.8) is 0 Å². The van der Waals surface area contributed by atoms with Crippen LogP contribution < -0.4 is 11.3 Å². The maximum absolute atomic E-state index is 11.9. The molecule has 2 heterocycles. The molecule has 0 aliphatic carbocycles. The highest BCUT2D eigenvalue weighted by atomic mass is 16.6. The van der Waals surface area contributed by atoms with Crippen molar-refractivity contribution in [2.75, 3.05) is 26.2 Å². The molecule has 2 aliphatic heterocycles. The molecule has 104 valence electrons. The molecule has 0 spiro atoms. The van der Waals surface area contributed by atoms with Crippen LogP contribution in [0.5, 0.6) is 0 Å². The Hall–Kier alpha value is -0.850. The zero-order valence-electron chi connectivity index (χ0n) is 11.5. The topological polar surface area (TPSA) is 70.8 Å². The molecule has 0 unspecified atom stereocenters. The summed E-state index contributed by atoms with van der Waals surface area (Å²) in [6.45, 7) is 9.19. The van der Waals surface area contributed by atoms with E-state index in [1.165, 1.54) is 0 Å². The molecule has 2 fully saturated rings. The van der Waals surface area contributed by atoms with E-state index in [4.69, 9.17) is 10.6 Å². The van der Waals surface area contributed by atoms with E-state index >= 15 is 0 Å². The van der Waals surface area contributed by atoms with Crippen LogP contribution in [0.1, 0.15) is 27.2 Å². The van der Waals surface area contributed by atoms with Crippen molar-refractivity contribution in [1.29, 1.82) is 0 Å². The van der Waals surface area contributed by atoms with Crippen LogP contribution in [0.25, 0.3) is 0 Å². The Bertz CT molecular complexity index is 310. The third-order valence-corrected chi connectivity index (χ3v) is 3.48. The molecule has 18 heavy (non-hydrogen) atoms. The molecule has 0 bridgehead atoms. The molecule has 6 heteroatoms. The van der Waals surface area contributed by atoms with E-state index < -0.39 is 5.60 Å². The second-order valence-electron chi connectivity index (χ2n) is 6.19. The number of rotatable bonds is 2. The monoisotopic (exact) mass is 256 g/mol. The van der Waals surface area contributed by atoms with Crippen LogP contribution in [-0.2, 0) is 4.74 Å². The van der Waals surface area contributed by atoms with Gasteiger partial charge in [-0.1, -0.05) is 0 Å². The summed E-state index contributed by atoms with van der Waals surface area (Å²) in [5.74, 6) is 5.38. The van der Waals surface area contributed by atoms with Gasteiger partial charge in [0.15, 0.2) is 0 Å². The Balaban J connectivity index is 1.77. The van der Waals surface area contributed by atoms with E-state index in [9.17, 15) is 4.79 Å². The number of nitrogens with one attached hydrogen (secondary N) is 1. The third-order valence-electron chi connectivity index (χ3n) is 3.48. The molecule has 0 aromatic heterocycles. The van der Waals surface area contributed by atoms with Crippen molar-refractivity contribution in [2.45, 2.75) is 44.9 Å². The number of hydrogen-bond acceptors (Lipinski definition) is 5. The van der Waals surface area contributed by atoms with Crippen molar-refractivity contribution >= 4 is 6.09 Å². The fourth-order valence-electron chi connectivity index (χ4n) is 2.45. The summed E-state index contributed by atoms with van der Waals surface area (Å²) in [5, 5.41) is 0. The van der Waals surface area contributed by atoms with Gasteiger partial charge in [-0.15, -0.1) is 0 Å². The van der Waals surface area contributed by atoms with E-state index in [1.54, 1.807) is 4.90 Å². The number of nitrogens with two attached hydrogens (primary N) is 1. The van der Waals surface area contributed by atoms with Crippen molar-refractivity contribution in [1.82, 2.24) is 15.2 Å². The Kier molecular flexibility index (Phi) is 3.79. The highest BCUT2D eigenvalue weighted by Crippen LogP contribution is 2.22. The largest absolute Gasteiger partial charge is 0.444 e. The van der Waals surface area contributed by atoms with Crippen LogP contribution >= 0.6 is 0 Å². The average molecular weight is 256 g/mol. The summed E-state index contributed by atoms with van der Waals surface area (Å²) in [4.78, 5) is 16.1. The highest BCUT2D eigenvalue weighted by molar-refractivity contribution is 5.68. The number of carbonyl (C=O) groups excluding carboxylic acids is 1. The SMILES string of the molecule is CC(C)(C)OC(=O)N1CC[C@H](N2CC(NN)C2)C1. The molecule has 1 atom stereocenters. The number of hydrogen-bond donors (Lipinski definition) is 2. The first-order valence-corrected chi connectivity index (χ1v) is 6.57. The molecule has 0 aromatic rings. The van der Waals surface area contributed by atoms with E-state index in [-0.39, 0.29) is 6.09 Å². The van der Waals surface area contributed by atoms with Gasteiger partial charge in [0.1, 0.15) is 5.60 Å². The summed E-state index contributed by atoms with van der Waals surface area (Å²) in [5.41, 5.74) is 2.36. The van der Waals surface area contributed by atoms with Crippen LogP contribution in [0.2, 0.25) is 0 Å². The Morgan fingerprint density at radius 3 is 2.56 bits per heavy atom. The molecule has 2 aliphatic rings.